The van der Waals surface area contributed by atoms with Crippen LogP contribution in [-0.4, -0.2) is 38.8 Å². The first-order valence-corrected chi connectivity index (χ1v) is 9.15. The van der Waals surface area contributed by atoms with E-state index >= 15 is 0 Å². The van der Waals surface area contributed by atoms with Gasteiger partial charge < -0.3 is 15.4 Å². The Morgan fingerprint density at radius 1 is 1.19 bits per heavy atom. The Bertz CT molecular complexity index is 595. The van der Waals surface area contributed by atoms with Crippen LogP contribution in [0.2, 0.25) is 0 Å². The lowest BCUT2D eigenvalue weighted by Gasteiger charge is -2.31. The minimum Gasteiger partial charge on any atom is -0.376 e. The number of hydrogen-bond acceptors (Lipinski definition) is 2. The van der Waals surface area contributed by atoms with Crippen molar-refractivity contribution in [3.63, 3.8) is 0 Å². The van der Waals surface area contributed by atoms with Gasteiger partial charge in [-0.3, -0.25) is 4.99 Å². The Morgan fingerprint density at radius 3 is 2.46 bits per heavy atom. The van der Waals surface area contributed by atoms with Gasteiger partial charge in [-0.05, 0) is 37.8 Å². The van der Waals surface area contributed by atoms with Crippen LogP contribution in [0.3, 0.4) is 0 Å². The Labute approximate surface area is 171 Å². The molecule has 0 radical (unpaired) electrons. The van der Waals surface area contributed by atoms with Crippen LogP contribution in [-0.2, 0) is 10.2 Å². The number of nitrogens with one attached hydrogen (secondary N) is 2. The van der Waals surface area contributed by atoms with E-state index in [0.717, 1.165) is 45.1 Å². The fourth-order valence-electron chi connectivity index (χ4n) is 4.06. The van der Waals surface area contributed by atoms with Crippen molar-refractivity contribution in [2.24, 2.45) is 4.99 Å². The lowest BCUT2D eigenvalue weighted by Crippen LogP contribution is -2.47. The highest BCUT2D eigenvalue weighted by Crippen LogP contribution is 2.42. The molecule has 146 valence electrons. The van der Waals surface area contributed by atoms with E-state index < -0.39 is 17.0 Å². The van der Waals surface area contributed by atoms with E-state index in [9.17, 15) is 8.78 Å². The summed E-state index contributed by atoms with van der Waals surface area (Å²) < 4.78 is 34.4. The first-order chi connectivity index (χ1) is 12.1. The lowest BCUT2D eigenvalue weighted by molar-refractivity contribution is 0.113. The van der Waals surface area contributed by atoms with Gasteiger partial charge in [-0.25, -0.2) is 8.78 Å². The normalized spacial score (nSPS) is 22.1. The van der Waals surface area contributed by atoms with E-state index in [1.165, 1.54) is 18.2 Å². The van der Waals surface area contributed by atoms with Crippen LogP contribution in [0.1, 0.15) is 44.1 Å². The van der Waals surface area contributed by atoms with Crippen LogP contribution < -0.4 is 10.6 Å². The van der Waals surface area contributed by atoms with E-state index in [4.69, 9.17) is 4.74 Å². The van der Waals surface area contributed by atoms with Gasteiger partial charge in [0.25, 0.3) is 0 Å². The summed E-state index contributed by atoms with van der Waals surface area (Å²) in [5, 5.41) is 6.54. The molecule has 1 atom stereocenters. The highest BCUT2D eigenvalue weighted by molar-refractivity contribution is 14.0. The third-order valence-electron chi connectivity index (χ3n) is 5.39. The average Bonchev–Trinajstić information content (AvgIpc) is 3.27. The second-order valence-corrected chi connectivity index (χ2v) is 7.03. The van der Waals surface area contributed by atoms with E-state index in [1.54, 1.807) is 7.05 Å². The minimum atomic E-state index is -0.517. The Morgan fingerprint density at radius 2 is 1.88 bits per heavy atom. The summed E-state index contributed by atoms with van der Waals surface area (Å²) in [4.78, 5) is 4.23. The minimum absolute atomic E-state index is 0. The van der Waals surface area contributed by atoms with Crippen molar-refractivity contribution in [2.45, 2.75) is 50.0 Å². The molecule has 2 fully saturated rings. The third kappa shape index (κ3) is 4.85. The highest BCUT2D eigenvalue weighted by Gasteiger charge is 2.40. The summed E-state index contributed by atoms with van der Waals surface area (Å²) in [7, 11) is 1.70. The molecule has 0 aromatic heterocycles. The van der Waals surface area contributed by atoms with Gasteiger partial charge in [0.1, 0.15) is 11.6 Å². The second kappa shape index (κ2) is 9.82. The molecule has 2 aliphatic rings. The topological polar surface area (TPSA) is 45.7 Å². The second-order valence-electron chi connectivity index (χ2n) is 7.03. The summed E-state index contributed by atoms with van der Waals surface area (Å²) in [6, 6.07) is 4.12. The predicted molar refractivity (Wildman–Crippen MR) is 110 cm³/mol. The van der Waals surface area contributed by atoms with Crippen LogP contribution in [0.25, 0.3) is 0 Å². The van der Waals surface area contributed by atoms with Gasteiger partial charge in [0.05, 0.1) is 6.10 Å². The van der Waals surface area contributed by atoms with E-state index in [0.29, 0.717) is 19.0 Å². The zero-order chi connectivity index (χ0) is 17.7. The quantitative estimate of drug-likeness (QED) is 0.385. The number of aliphatic imine (C=N–C) groups is 1. The molecule has 2 N–H and O–H groups in total. The molecule has 1 aliphatic carbocycles. The first kappa shape index (κ1) is 21.3. The van der Waals surface area contributed by atoms with Crippen LogP contribution in [0.5, 0.6) is 0 Å². The summed E-state index contributed by atoms with van der Waals surface area (Å²) in [6.45, 7) is 1.98. The van der Waals surface area contributed by atoms with Crippen LogP contribution in [0.4, 0.5) is 8.78 Å². The molecule has 1 saturated heterocycles. The lowest BCUT2D eigenvalue weighted by atomic mass is 9.78. The molecule has 1 heterocycles. The van der Waals surface area contributed by atoms with Crippen LogP contribution in [0, 0.1) is 11.6 Å². The maximum absolute atomic E-state index is 14.4. The van der Waals surface area contributed by atoms with Crippen molar-refractivity contribution >= 4 is 29.9 Å². The van der Waals surface area contributed by atoms with Gasteiger partial charge in [-0.2, -0.15) is 0 Å². The summed E-state index contributed by atoms with van der Waals surface area (Å²) in [5.41, 5.74) is -0.300. The standard InChI is InChI=1S/C19H27F2N3O.HI/c1-22-18(23-12-14-6-5-11-25-14)24-13-19(9-2-3-10-19)17-15(20)7-4-8-16(17)21;/h4,7-8,14H,2-3,5-6,9-13H2,1H3,(H2,22,23,24);1H. The van der Waals surface area contributed by atoms with Gasteiger partial charge >= 0.3 is 0 Å². The number of rotatable bonds is 5. The van der Waals surface area contributed by atoms with Gasteiger partial charge in [0.2, 0.25) is 0 Å². The van der Waals surface area contributed by atoms with Crippen molar-refractivity contribution < 1.29 is 13.5 Å². The van der Waals surface area contributed by atoms with Crippen molar-refractivity contribution in [3.05, 3.63) is 35.4 Å². The van der Waals surface area contributed by atoms with Gasteiger partial charge in [-0.15, -0.1) is 24.0 Å². The molecule has 7 heteroatoms. The Kier molecular flexibility index (Phi) is 8.06. The molecule has 26 heavy (non-hydrogen) atoms. The zero-order valence-electron chi connectivity index (χ0n) is 15.2. The van der Waals surface area contributed by atoms with Gasteiger partial charge in [-0.1, -0.05) is 18.9 Å². The largest absolute Gasteiger partial charge is 0.376 e. The van der Waals surface area contributed by atoms with Gasteiger partial charge in [0.15, 0.2) is 5.96 Å². The van der Waals surface area contributed by atoms with Crippen molar-refractivity contribution in [2.75, 3.05) is 26.7 Å². The maximum atomic E-state index is 14.4. The molecule has 0 bridgehead atoms. The summed E-state index contributed by atoms with van der Waals surface area (Å²) >= 11 is 0. The summed E-state index contributed by atoms with van der Waals surface area (Å²) in [5.74, 6) is -0.254. The van der Waals surface area contributed by atoms with Crippen molar-refractivity contribution in [3.8, 4) is 0 Å². The molecule has 1 aromatic rings. The third-order valence-corrected chi connectivity index (χ3v) is 5.39. The number of benzene rings is 1. The number of hydrogen-bond donors (Lipinski definition) is 2. The van der Waals surface area contributed by atoms with E-state index in [-0.39, 0.29) is 35.6 Å². The fourth-order valence-corrected chi connectivity index (χ4v) is 4.06. The average molecular weight is 479 g/mol. The molecule has 1 unspecified atom stereocenters. The molecule has 4 nitrogen and oxygen atoms in total. The molecular weight excluding hydrogens is 451 g/mol. The maximum Gasteiger partial charge on any atom is 0.191 e. The van der Waals surface area contributed by atoms with Gasteiger partial charge in [0, 0.05) is 37.7 Å². The zero-order valence-corrected chi connectivity index (χ0v) is 17.5. The molecule has 3 rings (SSSR count). The monoisotopic (exact) mass is 479 g/mol. The smallest absolute Gasteiger partial charge is 0.191 e. The molecule has 1 saturated carbocycles. The predicted octanol–water partition coefficient (Wildman–Crippen LogP) is 3.74. The first-order valence-electron chi connectivity index (χ1n) is 9.15. The molecule has 0 amide bonds. The number of ether oxygens (including phenoxy) is 1. The molecule has 1 aliphatic heterocycles. The Hall–Kier alpha value is -0.960. The van der Waals surface area contributed by atoms with E-state index in [1.807, 2.05) is 0 Å². The summed E-state index contributed by atoms with van der Waals surface area (Å²) in [6.07, 6.45) is 5.88. The molecule has 0 spiro atoms. The number of nitrogens with zero attached hydrogens (tertiary/aromatic N) is 1. The highest BCUT2D eigenvalue weighted by atomic mass is 127. The fraction of sp³-hybridized carbons (Fsp3) is 0.632. The Balaban J connectivity index is 0.00000243. The molecular formula is C19H28F2IN3O. The SMILES string of the molecule is CN=C(NCC1CCCO1)NCC1(c2c(F)cccc2F)CCCC1.I. The number of guanidine groups is 1. The van der Waals surface area contributed by atoms with Crippen molar-refractivity contribution in [1.82, 2.24) is 10.6 Å². The van der Waals surface area contributed by atoms with Crippen LogP contribution >= 0.6 is 24.0 Å². The molecule has 1 aromatic carbocycles. The van der Waals surface area contributed by atoms with E-state index in [2.05, 4.69) is 15.6 Å². The van der Waals surface area contributed by atoms with Crippen molar-refractivity contribution in [1.29, 1.82) is 0 Å². The number of halogens is 3. The van der Waals surface area contributed by atoms with Crippen LogP contribution in [0.15, 0.2) is 23.2 Å².